The van der Waals surface area contributed by atoms with E-state index in [1.54, 1.807) is 18.2 Å². The Morgan fingerprint density at radius 2 is 1.62 bits per heavy atom. The third kappa shape index (κ3) is 2.89. The first-order valence-electron chi connectivity index (χ1n) is 7.64. The average molecular weight is 333 g/mol. The van der Waals surface area contributed by atoms with Crippen LogP contribution in [0.1, 0.15) is 27.7 Å². The highest BCUT2D eigenvalue weighted by Crippen LogP contribution is 2.37. The Bertz CT molecular complexity index is 737. The molecule has 0 spiro atoms. The summed E-state index contributed by atoms with van der Waals surface area (Å²) < 4.78 is 45.6. The van der Waals surface area contributed by atoms with Gasteiger partial charge in [0.25, 0.3) is 0 Å². The molecule has 2 aromatic rings. The van der Waals surface area contributed by atoms with E-state index >= 15 is 0 Å². The third-order valence-electron chi connectivity index (χ3n) is 4.44. The van der Waals surface area contributed by atoms with Crippen LogP contribution in [-0.4, -0.2) is 23.3 Å². The lowest BCUT2D eigenvalue weighted by Crippen LogP contribution is -2.41. The van der Waals surface area contributed by atoms with Crippen LogP contribution in [0.25, 0.3) is 0 Å². The van der Waals surface area contributed by atoms with Gasteiger partial charge in [-0.25, -0.2) is 9.37 Å². The molecule has 4 nitrogen and oxygen atoms in total. The number of hydrogen-bond donors (Lipinski definition) is 0. The second-order valence-corrected chi connectivity index (χ2v) is 6.64. The van der Waals surface area contributed by atoms with Crippen molar-refractivity contribution in [3.63, 3.8) is 0 Å². The van der Waals surface area contributed by atoms with Gasteiger partial charge in [-0.05, 0) is 39.8 Å². The Kier molecular flexibility index (Phi) is 4.09. The van der Waals surface area contributed by atoms with Crippen molar-refractivity contribution < 1.29 is 22.8 Å². The molecular weight excluding hydrogens is 315 g/mol. The highest BCUT2D eigenvalue weighted by molar-refractivity contribution is 6.62. The Morgan fingerprint density at radius 1 is 0.958 bits per heavy atom. The molecule has 1 aliphatic rings. The topological polar surface area (TPSA) is 40.6 Å². The minimum atomic E-state index is -1.10. The summed E-state index contributed by atoms with van der Waals surface area (Å²) in [7, 11) is -0.978. The molecule has 0 atom stereocenters. The van der Waals surface area contributed by atoms with Crippen molar-refractivity contribution in [1.29, 1.82) is 0 Å². The van der Waals surface area contributed by atoms with E-state index in [1.165, 1.54) is 18.3 Å². The summed E-state index contributed by atoms with van der Waals surface area (Å²) in [6, 6.07) is 7.69. The standard InChI is InChI=1S/C17H18BF2NO3/c1-16(2)17(3,4)24-18(23-16)11-8-9-12(15(20)14(11)19)22-13-7-5-6-10-21-13/h5-10H,1-4H3. The van der Waals surface area contributed by atoms with E-state index in [2.05, 4.69) is 4.98 Å². The summed E-state index contributed by atoms with van der Waals surface area (Å²) in [6.07, 6.45) is 1.50. The average Bonchev–Trinajstić information content (AvgIpc) is 2.73. The van der Waals surface area contributed by atoms with Crippen LogP contribution in [0, 0.1) is 11.6 Å². The van der Waals surface area contributed by atoms with Crippen LogP contribution in [0.15, 0.2) is 36.5 Å². The predicted octanol–water partition coefficient (Wildman–Crippen LogP) is 3.45. The molecule has 0 unspecified atom stereocenters. The van der Waals surface area contributed by atoms with Gasteiger partial charge >= 0.3 is 7.12 Å². The van der Waals surface area contributed by atoms with Crippen LogP contribution in [0.4, 0.5) is 8.78 Å². The van der Waals surface area contributed by atoms with E-state index in [0.717, 1.165) is 0 Å². The molecule has 1 aromatic carbocycles. The zero-order valence-corrected chi connectivity index (χ0v) is 14.0. The van der Waals surface area contributed by atoms with Crippen molar-refractivity contribution >= 4 is 12.6 Å². The molecular formula is C17H18BF2NO3. The SMILES string of the molecule is CC1(C)OB(c2ccc(Oc3ccccn3)c(F)c2F)OC1(C)C. The Hall–Kier alpha value is -1.99. The first-order chi connectivity index (χ1) is 11.2. The zero-order chi connectivity index (χ0) is 17.5. The second-order valence-electron chi connectivity index (χ2n) is 6.64. The van der Waals surface area contributed by atoms with Gasteiger partial charge in [0.15, 0.2) is 11.6 Å². The van der Waals surface area contributed by atoms with Gasteiger partial charge in [0.05, 0.1) is 11.2 Å². The monoisotopic (exact) mass is 333 g/mol. The van der Waals surface area contributed by atoms with E-state index in [-0.39, 0.29) is 17.1 Å². The second kappa shape index (κ2) is 5.83. The molecule has 1 aromatic heterocycles. The maximum absolute atomic E-state index is 14.5. The van der Waals surface area contributed by atoms with Crippen molar-refractivity contribution in [1.82, 2.24) is 4.98 Å². The highest BCUT2D eigenvalue weighted by Gasteiger charge is 2.52. The number of benzene rings is 1. The predicted molar refractivity (Wildman–Crippen MR) is 86.4 cm³/mol. The number of aromatic nitrogens is 1. The molecule has 0 N–H and O–H groups in total. The molecule has 0 radical (unpaired) electrons. The summed E-state index contributed by atoms with van der Waals surface area (Å²) in [6.45, 7) is 7.39. The van der Waals surface area contributed by atoms with Gasteiger partial charge in [-0.2, -0.15) is 4.39 Å². The van der Waals surface area contributed by atoms with Crippen molar-refractivity contribution in [2.45, 2.75) is 38.9 Å². The molecule has 0 saturated carbocycles. The summed E-state index contributed by atoms with van der Waals surface area (Å²) >= 11 is 0. The number of halogens is 2. The van der Waals surface area contributed by atoms with Crippen LogP contribution in [0.5, 0.6) is 11.6 Å². The molecule has 1 fully saturated rings. The minimum Gasteiger partial charge on any atom is -0.436 e. The summed E-state index contributed by atoms with van der Waals surface area (Å²) in [4.78, 5) is 3.92. The number of nitrogens with zero attached hydrogens (tertiary/aromatic N) is 1. The van der Waals surface area contributed by atoms with Crippen molar-refractivity contribution in [2.75, 3.05) is 0 Å². The Labute approximate surface area is 139 Å². The van der Waals surface area contributed by atoms with Crippen LogP contribution in [-0.2, 0) is 9.31 Å². The van der Waals surface area contributed by atoms with Crippen LogP contribution < -0.4 is 10.2 Å². The van der Waals surface area contributed by atoms with E-state index in [1.807, 2.05) is 27.7 Å². The molecule has 1 saturated heterocycles. The van der Waals surface area contributed by atoms with Crippen LogP contribution in [0.3, 0.4) is 0 Å². The number of pyridine rings is 1. The lowest BCUT2D eigenvalue weighted by molar-refractivity contribution is 0.00578. The molecule has 126 valence electrons. The number of rotatable bonds is 3. The lowest BCUT2D eigenvalue weighted by atomic mass is 9.78. The van der Waals surface area contributed by atoms with E-state index in [0.29, 0.717) is 0 Å². The van der Waals surface area contributed by atoms with E-state index < -0.39 is 30.0 Å². The fraction of sp³-hybridized carbons (Fsp3) is 0.353. The normalized spacial score (nSPS) is 18.7. The van der Waals surface area contributed by atoms with Gasteiger partial charge in [-0.15, -0.1) is 0 Å². The van der Waals surface area contributed by atoms with Gasteiger partial charge in [-0.1, -0.05) is 12.1 Å². The highest BCUT2D eigenvalue weighted by atomic mass is 19.2. The summed E-state index contributed by atoms with van der Waals surface area (Å²) in [5.41, 5.74) is -1.27. The Balaban J connectivity index is 1.89. The fourth-order valence-electron chi connectivity index (χ4n) is 2.30. The quantitative estimate of drug-likeness (QED) is 0.807. The van der Waals surface area contributed by atoms with Gasteiger partial charge in [0.2, 0.25) is 11.7 Å². The van der Waals surface area contributed by atoms with E-state index in [4.69, 9.17) is 14.0 Å². The van der Waals surface area contributed by atoms with E-state index in [9.17, 15) is 8.78 Å². The smallest absolute Gasteiger partial charge is 0.436 e. The molecule has 24 heavy (non-hydrogen) atoms. The van der Waals surface area contributed by atoms with Crippen LogP contribution >= 0.6 is 0 Å². The van der Waals surface area contributed by atoms with Gasteiger partial charge in [-0.3, -0.25) is 0 Å². The van der Waals surface area contributed by atoms with Gasteiger partial charge < -0.3 is 14.0 Å². The molecule has 2 heterocycles. The number of hydrogen-bond acceptors (Lipinski definition) is 4. The largest absolute Gasteiger partial charge is 0.497 e. The van der Waals surface area contributed by atoms with Crippen molar-refractivity contribution in [3.05, 3.63) is 48.2 Å². The third-order valence-corrected chi connectivity index (χ3v) is 4.44. The summed E-state index contributed by atoms with van der Waals surface area (Å²) in [5.74, 6) is -2.22. The van der Waals surface area contributed by atoms with Crippen LogP contribution in [0.2, 0.25) is 0 Å². The lowest BCUT2D eigenvalue weighted by Gasteiger charge is -2.32. The molecule has 0 amide bonds. The van der Waals surface area contributed by atoms with Crippen molar-refractivity contribution in [2.24, 2.45) is 0 Å². The fourth-order valence-corrected chi connectivity index (χ4v) is 2.30. The zero-order valence-electron chi connectivity index (χ0n) is 14.0. The van der Waals surface area contributed by atoms with Gasteiger partial charge in [0, 0.05) is 17.7 Å². The molecule has 3 rings (SSSR count). The molecule has 7 heteroatoms. The molecule has 0 aliphatic carbocycles. The minimum absolute atomic E-state index is 0.000444. The maximum atomic E-state index is 14.5. The summed E-state index contributed by atoms with van der Waals surface area (Å²) in [5, 5.41) is 0. The Morgan fingerprint density at radius 3 is 2.21 bits per heavy atom. The van der Waals surface area contributed by atoms with Gasteiger partial charge in [0.1, 0.15) is 0 Å². The first-order valence-corrected chi connectivity index (χ1v) is 7.64. The number of ether oxygens (including phenoxy) is 1. The van der Waals surface area contributed by atoms with Crippen molar-refractivity contribution in [3.8, 4) is 11.6 Å². The molecule has 1 aliphatic heterocycles. The molecule has 0 bridgehead atoms. The first kappa shape index (κ1) is 16.9. The maximum Gasteiger partial charge on any atom is 0.497 e.